The number of nitrogens with one attached hydrogen (secondary N) is 1. The standard InChI is InChI=1S/C8H14N2O/c11-8-1-3-10(4-2-8)7-5-9-6-7/h7,9H,1-6H2. The van der Waals surface area contributed by atoms with E-state index < -0.39 is 0 Å². The van der Waals surface area contributed by atoms with E-state index in [1.54, 1.807) is 0 Å². The van der Waals surface area contributed by atoms with Crippen LogP contribution < -0.4 is 5.32 Å². The molecule has 0 amide bonds. The summed E-state index contributed by atoms with van der Waals surface area (Å²) < 4.78 is 0. The van der Waals surface area contributed by atoms with Gasteiger partial charge in [-0.05, 0) is 0 Å². The van der Waals surface area contributed by atoms with Gasteiger partial charge >= 0.3 is 0 Å². The van der Waals surface area contributed by atoms with Crippen LogP contribution in [0.2, 0.25) is 0 Å². The molecule has 0 bridgehead atoms. The second kappa shape index (κ2) is 2.91. The molecule has 2 rings (SSSR count). The smallest absolute Gasteiger partial charge is 0.135 e. The number of piperidine rings is 1. The molecule has 0 saturated carbocycles. The lowest BCUT2D eigenvalue weighted by atomic mass is 10.0. The molecule has 0 aromatic heterocycles. The van der Waals surface area contributed by atoms with Crippen LogP contribution in [-0.2, 0) is 4.79 Å². The molecule has 2 heterocycles. The summed E-state index contributed by atoms with van der Waals surface area (Å²) in [7, 11) is 0. The normalized spacial score (nSPS) is 28.5. The Morgan fingerprint density at radius 1 is 1.27 bits per heavy atom. The van der Waals surface area contributed by atoms with Gasteiger partial charge in [0.15, 0.2) is 0 Å². The van der Waals surface area contributed by atoms with Gasteiger partial charge in [-0.25, -0.2) is 0 Å². The van der Waals surface area contributed by atoms with Gasteiger partial charge in [0.05, 0.1) is 0 Å². The Labute approximate surface area is 66.8 Å². The first-order valence-electron chi connectivity index (χ1n) is 4.33. The molecule has 2 aliphatic heterocycles. The number of carbonyl (C=O) groups is 1. The minimum atomic E-state index is 0.438. The number of hydrogen-bond donors (Lipinski definition) is 1. The fourth-order valence-electron chi connectivity index (χ4n) is 1.67. The highest BCUT2D eigenvalue weighted by atomic mass is 16.1. The third kappa shape index (κ3) is 1.44. The van der Waals surface area contributed by atoms with E-state index in [1.807, 2.05) is 0 Å². The van der Waals surface area contributed by atoms with Gasteiger partial charge in [-0.15, -0.1) is 0 Å². The van der Waals surface area contributed by atoms with Gasteiger partial charge in [-0.1, -0.05) is 0 Å². The van der Waals surface area contributed by atoms with Crippen LogP contribution in [0, 0.1) is 0 Å². The van der Waals surface area contributed by atoms with E-state index in [-0.39, 0.29) is 0 Å². The number of likely N-dealkylation sites (tertiary alicyclic amines) is 1. The molecular formula is C8H14N2O. The average Bonchev–Trinajstić information content (AvgIpc) is 1.90. The largest absolute Gasteiger partial charge is 0.314 e. The lowest BCUT2D eigenvalue weighted by molar-refractivity contribution is -0.122. The third-order valence-corrected chi connectivity index (χ3v) is 2.63. The first kappa shape index (κ1) is 7.25. The van der Waals surface area contributed by atoms with Gasteiger partial charge in [-0.3, -0.25) is 9.69 Å². The summed E-state index contributed by atoms with van der Waals surface area (Å²) in [5.74, 6) is 0.438. The van der Waals surface area contributed by atoms with Crippen molar-refractivity contribution >= 4 is 5.78 Å². The van der Waals surface area contributed by atoms with Gasteiger partial charge in [0.25, 0.3) is 0 Å². The third-order valence-electron chi connectivity index (χ3n) is 2.63. The van der Waals surface area contributed by atoms with Gasteiger partial charge in [0, 0.05) is 45.1 Å². The van der Waals surface area contributed by atoms with Crippen molar-refractivity contribution in [1.82, 2.24) is 10.2 Å². The maximum Gasteiger partial charge on any atom is 0.135 e. The Hall–Kier alpha value is -0.410. The summed E-state index contributed by atoms with van der Waals surface area (Å²) in [6, 6.07) is 0.725. The monoisotopic (exact) mass is 154 g/mol. The molecular weight excluding hydrogens is 140 g/mol. The first-order valence-corrected chi connectivity index (χ1v) is 4.33. The Kier molecular flexibility index (Phi) is 1.92. The molecule has 2 aliphatic rings. The van der Waals surface area contributed by atoms with Gasteiger partial charge in [0.2, 0.25) is 0 Å². The van der Waals surface area contributed by atoms with Crippen molar-refractivity contribution in [3.63, 3.8) is 0 Å². The highest BCUT2D eigenvalue weighted by Gasteiger charge is 2.27. The van der Waals surface area contributed by atoms with Crippen molar-refractivity contribution in [3.05, 3.63) is 0 Å². The molecule has 0 spiro atoms. The zero-order valence-electron chi connectivity index (χ0n) is 6.68. The van der Waals surface area contributed by atoms with Crippen LogP contribution in [0.3, 0.4) is 0 Å². The van der Waals surface area contributed by atoms with Gasteiger partial charge in [0.1, 0.15) is 5.78 Å². The fraction of sp³-hybridized carbons (Fsp3) is 0.875. The van der Waals surface area contributed by atoms with Crippen molar-refractivity contribution in [2.45, 2.75) is 18.9 Å². The van der Waals surface area contributed by atoms with Gasteiger partial charge in [-0.2, -0.15) is 0 Å². The van der Waals surface area contributed by atoms with Crippen LogP contribution in [0.25, 0.3) is 0 Å². The lowest BCUT2D eigenvalue weighted by Crippen LogP contribution is -2.58. The summed E-state index contributed by atoms with van der Waals surface area (Å²) >= 11 is 0. The van der Waals surface area contributed by atoms with E-state index >= 15 is 0 Å². The lowest BCUT2D eigenvalue weighted by Gasteiger charge is -2.39. The molecule has 0 atom stereocenters. The number of hydrogen-bond acceptors (Lipinski definition) is 3. The van der Waals surface area contributed by atoms with E-state index in [9.17, 15) is 4.79 Å². The van der Waals surface area contributed by atoms with Crippen molar-refractivity contribution < 1.29 is 4.79 Å². The highest BCUT2D eigenvalue weighted by Crippen LogP contribution is 2.11. The van der Waals surface area contributed by atoms with E-state index in [0.717, 1.165) is 45.1 Å². The maximum atomic E-state index is 10.9. The summed E-state index contributed by atoms with van der Waals surface area (Å²) in [6.45, 7) is 4.22. The van der Waals surface area contributed by atoms with Crippen LogP contribution in [-0.4, -0.2) is 42.9 Å². The van der Waals surface area contributed by atoms with Crippen LogP contribution in [0.5, 0.6) is 0 Å². The quantitative estimate of drug-likeness (QED) is 0.559. The van der Waals surface area contributed by atoms with E-state index in [2.05, 4.69) is 10.2 Å². The Morgan fingerprint density at radius 3 is 2.36 bits per heavy atom. The second-order valence-electron chi connectivity index (χ2n) is 3.39. The predicted octanol–water partition coefficient (Wildman–Crippen LogP) is -0.377. The molecule has 3 nitrogen and oxygen atoms in total. The molecule has 3 heteroatoms. The minimum absolute atomic E-state index is 0.438. The number of rotatable bonds is 1. The highest BCUT2D eigenvalue weighted by molar-refractivity contribution is 5.79. The molecule has 0 aromatic carbocycles. The number of ketones is 1. The number of nitrogens with zero attached hydrogens (tertiary/aromatic N) is 1. The predicted molar refractivity (Wildman–Crippen MR) is 42.5 cm³/mol. The summed E-state index contributed by atoms with van der Waals surface area (Å²) in [4.78, 5) is 13.3. The molecule has 2 saturated heterocycles. The summed E-state index contributed by atoms with van der Waals surface area (Å²) in [6.07, 6.45) is 1.55. The minimum Gasteiger partial charge on any atom is -0.314 e. The molecule has 2 fully saturated rings. The van der Waals surface area contributed by atoms with E-state index in [4.69, 9.17) is 0 Å². The Bertz CT molecular complexity index is 155. The topological polar surface area (TPSA) is 32.3 Å². The molecule has 62 valence electrons. The summed E-state index contributed by atoms with van der Waals surface area (Å²) in [5.41, 5.74) is 0. The SMILES string of the molecule is O=C1CCN(C2CNC2)CC1. The molecule has 0 radical (unpaired) electrons. The van der Waals surface area contributed by atoms with Gasteiger partial charge < -0.3 is 5.32 Å². The van der Waals surface area contributed by atoms with Crippen molar-refractivity contribution in [2.24, 2.45) is 0 Å². The van der Waals surface area contributed by atoms with Crippen LogP contribution in [0.15, 0.2) is 0 Å². The molecule has 0 aliphatic carbocycles. The van der Waals surface area contributed by atoms with Crippen LogP contribution >= 0.6 is 0 Å². The zero-order chi connectivity index (χ0) is 7.68. The van der Waals surface area contributed by atoms with E-state index in [0.29, 0.717) is 5.78 Å². The number of Topliss-reactive ketones (excluding diaryl/α,β-unsaturated/α-hetero) is 1. The second-order valence-corrected chi connectivity index (χ2v) is 3.39. The van der Waals surface area contributed by atoms with E-state index in [1.165, 1.54) is 0 Å². The average molecular weight is 154 g/mol. The maximum absolute atomic E-state index is 10.9. The zero-order valence-corrected chi connectivity index (χ0v) is 6.68. The van der Waals surface area contributed by atoms with Crippen LogP contribution in [0.1, 0.15) is 12.8 Å². The molecule has 0 unspecified atom stereocenters. The molecule has 1 N–H and O–H groups in total. The first-order chi connectivity index (χ1) is 5.36. The summed E-state index contributed by atoms with van der Waals surface area (Å²) in [5, 5.41) is 3.24. The van der Waals surface area contributed by atoms with Crippen LogP contribution in [0.4, 0.5) is 0 Å². The number of carbonyl (C=O) groups excluding carboxylic acids is 1. The van der Waals surface area contributed by atoms with Crippen molar-refractivity contribution in [2.75, 3.05) is 26.2 Å². The fourth-order valence-corrected chi connectivity index (χ4v) is 1.67. The molecule has 0 aromatic rings. The Morgan fingerprint density at radius 2 is 1.91 bits per heavy atom. The Balaban J connectivity index is 1.82. The molecule has 11 heavy (non-hydrogen) atoms. The van der Waals surface area contributed by atoms with Crippen molar-refractivity contribution in [1.29, 1.82) is 0 Å². The van der Waals surface area contributed by atoms with Crippen molar-refractivity contribution in [3.8, 4) is 0 Å².